The number of halogens is 3. The number of nitrogens with zero attached hydrogens (tertiary/aromatic N) is 4. The van der Waals surface area contributed by atoms with Crippen molar-refractivity contribution in [3.8, 4) is 0 Å². The average molecular weight is 532 g/mol. The van der Waals surface area contributed by atoms with Crippen molar-refractivity contribution in [3.63, 3.8) is 0 Å². The molecule has 208 valence electrons. The maximum absolute atomic E-state index is 14.2. The van der Waals surface area contributed by atoms with Crippen LogP contribution < -0.4 is 10.2 Å². The van der Waals surface area contributed by atoms with Crippen molar-refractivity contribution in [2.45, 2.75) is 95.9 Å². The van der Waals surface area contributed by atoms with Gasteiger partial charge < -0.3 is 15.1 Å². The standard InChI is InChI=1S/C29H40F3N5O/c1-5-6-13-22-18-24(35-25-17-21(29(30,31)32)16-19(2)34-25)26(23-14-10-15-33-27(23)36(3)4)37(22)28(38)20-11-8-7-9-12-20/h10,14-17,20,22,24,26H,5-9,11-13,18H2,1-4H3,(H,34,35). The van der Waals surface area contributed by atoms with E-state index in [1.54, 1.807) is 13.1 Å². The van der Waals surface area contributed by atoms with Gasteiger partial charge in [-0.2, -0.15) is 13.2 Å². The summed E-state index contributed by atoms with van der Waals surface area (Å²) in [4.78, 5) is 27.2. The highest BCUT2D eigenvalue weighted by atomic mass is 19.4. The second kappa shape index (κ2) is 11.9. The first kappa shape index (κ1) is 28.2. The van der Waals surface area contributed by atoms with Gasteiger partial charge in [0.1, 0.15) is 11.6 Å². The van der Waals surface area contributed by atoms with Crippen LogP contribution in [0.3, 0.4) is 0 Å². The van der Waals surface area contributed by atoms with Crippen LogP contribution in [0.15, 0.2) is 30.5 Å². The minimum atomic E-state index is -4.46. The van der Waals surface area contributed by atoms with E-state index in [9.17, 15) is 18.0 Å². The smallest absolute Gasteiger partial charge is 0.365 e. The first-order valence-electron chi connectivity index (χ1n) is 13.9. The number of pyridine rings is 2. The zero-order valence-corrected chi connectivity index (χ0v) is 22.9. The van der Waals surface area contributed by atoms with Crippen molar-refractivity contribution in [2.75, 3.05) is 24.3 Å². The molecule has 0 aromatic carbocycles. The predicted octanol–water partition coefficient (Wildman–Crippen LogP) is 6.76. The van der Waals surface area contributed by atoms with E-state index in [0.29, 0.717) is 12.1 Å². The molecule has 3 unspecified atom stereocenters. The zero-order valence-electron chi connectivity index (χ0n) is 22.9. The van der Waals surface area contributed by atoms with Crippen LogP contribution in [0.25, 0.3) is 0 Å². The molecule has 1 aliphatic heterocycles. The summed E-state index contributed by atoms with van der Waals surface area (Å²) in [5, 5.41) is 3.35. The van der Waals surface area contributed by atoms with Gasteiger partial charge >= 0.3 is 6.18 Å². The van der Waals surface area contributed by atoms with Gasteiger partial charge in [-0.1, -0.05) is 45.1 Å². The van der Waals surface area contributed by atoms with Gasteiger partial charge in [0.05, 0.1) is 17.6 Å². The molecule has 1 saturated heterocycles. The molecule has 0 bridgehead atoms. The number of anilines is 2. The summed E-state index contributed by atoms with van der Waals surface area (Å²) in [5.74, 6) is 1.10. The molecule has 1 N–H and O–H groups in total. The summed E-state index contributed by atoms with van der Waals surface area (Å²) < 4.78 is 40.8. The molecule has 2 fully saturated rings. The Morgan fingerprint density at radius 3 is 2.58 bits per heavy atom. The van der Waals surface area contributed by atoms with Crippen LogP contribution in [0.2, 0.25) is 0 Å². The Bertz CT molecular complexity index is 1100. The zero-order chi connectivity index (χ0) is 27.4. The lowest BCUT2D eigenvalue weighted by molar-refractivity contribution is -0.140. The monoisotopic (exact) mass is 531 g/mol. The molecule has 2 aliphatic rings. The Kier molecular flexibility index (Phi) is 8.83. The number of aromatic nitrogens is 2. The topological polar surface area (TPSA) is 61.4 Å². The van der Waals surface area contributed by atoms with Crippen LogP contribution in [-0.4, -0.2) is 47.0 Å². The molecule has 38 heavy (non-hydrogen) atoms. The van der Waals surface area contributed by atoms with Crippen LogP contribution in [0.4, 0.5) is 24.8 Å². The number of alkyl halides is 3. The fraction of sp³-hybridized carbons (Fsp3) is 0.621. The number of hydrogen-bond donors (Lipinski definition) is 1. The molecular weight excluding hydrogens is 491 g/mol. The van der Waals surface area contributed by atoms with E-state index in [-0.39, 0.29) is 35.8 Å². The lowest BCUT2D eigenvalue weighted by Crippen LogP contribution is -2.43. The largest absolute Gasteiger partial charge is 0.416 e. The summed E-state index contributed by atoms with van der Waals surface area (Å²) >= 11 is 0. The molecule has 0 spiro atoms. The highest BCUT2D eigenvalue weighted by Gasteiger charge is 2.47. The van der Waals surface area contributed by atoms with Gasteiger partial charge in [0.15, 0.2) is 0 Å². The maximum atomic E-state index is 14.2. The molecule has 2 aromatic rings. The number of likely N-dealkylation sites (tertiary alicyclic amines) is 1. The fourth-order valence-corrected chi connectivity index (χ4v) is 6.15. The SMILES string of the molecule is CCCCC1CC(Nc2cc(C(F)(F)F)cc(C)n2)C(c2cccnc2N(C)C)N1C(=O)C1CCCCC1. The Morgan fingerprint density at radius 2 is 1.92 bits per heavy atom. The highest BCUT2D eigenvalue weighted by molar-refractivity contribution is 5.81. The predicted molar refractivity (Wildman–Crippen MR) is 144 cm³/mol. The van der Waals surface area contributed by atoms with E-state index >= 15 is 0 Å². The van der Waals surface area contributed by atoms with Gasteiger partial charge in [0.2, 0.25) is 5.91 Å². The first-order chi connectivity index (χ1) is 18.1. The van der Waals surface area contributed by atoms with Crippen LogP contribution in [0.1, 0.15) is 87.6 Å². The number of nitrogens with one attached hydrogen (secondary N) is 1. The van der Waals surface area contributed by atoms with Crippen LogP contribution >= 0.6 is 0 Å². The number of rotatable bonds is 8. The van der Waals surface area contributed by atoms with Crippen molar-refractivity contribution >= 4 is 17.5 Å². The number of carbonyl (C=O) groups is 1. The minimum Gasteiger partial charge on any atom is -0.365 e. The first-order valence-corrected chi connectivity index (χ1v) is 13.9. The third-order valence-corrected chi connectivity index (χ3v) is 7.87. The van der Waals surface area contributed by atoms with Crippen molar-refractivity contribution in [2.24, 2.45) is 5.92 Å². The Morgan fingerprint density at radius 1 is 1.18 bits per heavy atom. The Balaban J connectivity index is 1.78. The number of aryl methyl sites for hydroxylation is 1. The van der Waals surface area contributed by atoms with Crippen molar-refractivity contribution in [3.05, 3.63) is 47.3 Å². The number of amides is 1. The van der Waals surface area contributed by atoms with Crippen molar-refractivity contribution in [1.29, 1.82) is 0 Å². The van der Waals surface area contributed by atoms with Gasteiger partial charge in [0.25, 0.3) is 0 Å². The summed E-state index contributed by atoms with van der Waals surface area (Å²) in [7, 11) is 3.84. The molecule has 3 heterocycles. The number of carbonyl (C=O) groups excluding carboxylic acids is 1. The fourth-order valence-electron chi connectivity index (χ4n) is 6.15. The van der Waals surface area contributed by atoms with E-state index in [1.165, 1.54) is 0 Å². The molecule has 1 amide bonds. The molecule has 0 radical (unpaired) electrons. The number of hydrogen-bond acceptors (Lipinski definition) is 5. The molecule has 3 atom stereocenters. The second-order valence-corrected chi connectivity index (χ2v) is 11.0. The van der Waals surface area contributed by atoms with Gasteiger partial charge in [0, 0.05) is 43.5 Å². The summed E-state index contributed by atoms with van der Waals surface area (Å²) in [5.41, 5.74) is 0.474. The molecule has 1 aliphatic carbocycles. The quantitative estimate of drug-likeness (QED) is 0.408. The molecular formula is C29H40F3N5O. The van der Waals surface area contributed by atoms with E-state index in [4.69, 9.17) is 0 Å². The lowest BCUT2D eigenvalue weighted by Gasteiger charge is -2.37. The molecule has 4 rings (SSSR count). The van der Waals surface area contributed by atoms with E-state index < -0.39 is 11.7 Å². The Hall–Kier alpha value is -2.84. The molecule has 6 nitrogen and oxygen atoms in total. The van der Waals surface area contributed by atoms with Crippen molar-refractivity contribution < 1.29 is 18.0 Å². The third kappa shape index (κ3) is 6.24. The number of unbranched alkanes of at least 4 members (excludes halogenated alkanes) is 1. The molecule has 2 aromatic heterocycles. The van der Waals surface area contributed by atoms with Gasteiger partial charge in [-0.3, -0.25) is 4.79 Å². The van der Waals surface area contributed by atoms with E-state index in [2.05, 4.69) is 27.1 Å². The van der Waals surface area contributed by atoms with Crippen LogP contribution in [-0.2, 0) is 11.0 Å². The lowest BCUT2D eigenvalue weighted by atomic mass is 9.87. The van der Waals surface area contributed by atoms with Gasteiger partial charge in [-0.15, -0.1) is 0 Å². The van der Waals surface area contributed by atoms with E-state index in [1.807, 2.05) is 31.1 Å². The Labute approximate surface area is 224 Å². The minimum absolute atomic E-state index is 0.00556. The van der Waals surface area contributed by atoms with Crippen LogP contribution in [0.5, 0.6) is 0 Å². The summed E-state index contributed by atoms with van der Waals surface area (Å²) in [6.07, 6.45) is 5.80. The molecule has 1 saturated carbocycles. The normalized spacial score (nSPS) is 22.5. The summed E-state index contributed by atoms with van der Waals surface area (Å²) in [6.45, 7) is 3.71. The second-order valence-electron chi connectivity index (χ2n) is 11.0. The highest BCUT2D eigenvalue weighted by Crippen LogP contribution is 2.44. The van der Waals surface area contributed by atoms with E-state index in [0.717, 1.165) is 74.9 Å². The van der Waals surface area contributed by atoms with Gasteiger partial charge in [-0.05, 0) is 50.8 Å². The van der Waals surface area contributed by atoms with Crippen molar-refractivity contribution in [1.82, 2.24) is 14.9 Å². The third-order valence-electron chi connectivity index (χ3n) is 7.87. The van der Waals surface area contributed by atoms with Crippen LogP contribution in [0, 0.1) is 12.8 Å². The average Bonchev–Trinajstić information content (AvgIpc) is 3.24. The maximum Gasteiger partial charge on any atom is 0.416 e. The molecule has 9 heteroatoms. The van der Waals surface area contributed by atoms with Gasteiger partial charge in [-0.25, -0.2) is 9.97 Å². The summed E-state index contributed by atoms with van der Waals surface area (Å²) in [6, 6.07) is 5.33.